The number of nitrogens with zero attached hydrogens (tertiary/aromatic N) is 2. The Morgan fingerprint density at radius 2 is 1.67 bits per heavy atom. The van der Waals surface area contributed by atoms with E-state index in [2.05, 4.69) is 26.2 Å². The van der Waals surface area contributed by atoms with Gasteiger partial charge in [-0.2, -0.15) is 0 Å². The molecule has 0 aliphatic heterocycles. The van der Waals surface area contributed by atoms with Gasteiger partial charge in [0, 0.05) is 11.5 Å². The second kappa shape index (κ2) is 8.05. The highest BCUT2D eigenvalue weighted by molar-refractivity contribution is 6.00. The molecule has 1 N–H and O–H groups in total. The third-order valence-corrected chi connectivity index (χ3v) is 6.00. The summed E-state index contributed by atoms with van der Waals surface area (Å²) < 4.78 is 1.39. The fourth-order valence-corrected chi connectivity index (χ4v) is 4.18. The van der Waals surface area contributed by atoms with Crippen molar-refractivity contribution < 1.29 is 4.79 Å². The lowest BCUT2D eigenvalue weighted by Gasteiger charge is -2.24. The number of fused-ring (bicyclic) bond motifs is 1. The highest BCUT2D eigenvalue weighted by Crippen LogP contribution is 2.31. The second-order valence-electron chi connectivity index (χ2n) is 9.23. The van der Waals surface area contributed by atoms with Crippen molar-refractivity contribution in [3.8, 4) is 0 Å². The number of rotatable bonds is 3. The van der Waals surface area contributed by atoms with Gasteiger partial charge in [-0.3, -0.25) is 15.0 Å². The maximum Gasteiger partial charge on any atom is 0.280 e. The van der Waals surface area contributed by atoms with Crippen molar-refractivity contribution in [2.24, 2.45) is 0 Å². The first kappa shape index (κ1) is 20.3. The summed E-state index contributed by atoms with van der Waals surface area (Å²) in [5.41, 5.74) is 5.01. The third kappa shape index (κ3) is 4.02. The Kier molecular flexibility index (Phi) is 5.46. The van der Waals surface area contributed by atoms with Crippen LogP contribution in [-0.2, 0) is 5.41 Å². The Labute approximate surface area is 177 Å². The average Bonchev–Trinajstić information content (AvgIpc) is 2.75. The first-order chi connectivity index (χ1) is 14.3. The van der Waals surface area contributed by atoms with Gasteiger partial charge in [-0.05, 0) is 48.1 Å². The van der Waals surface area contributed by atoms with Crippen LogP contribution in [0.3, 0.4) is 0 Å². The molecule has 1 saturated carbocycles. The molecule has 0 atom stereocenters. The van der Waals surface area contributed by atoms with Crippen LogP contribution < -0.4 is 11.0 Å². The lowest BCUT2D eigenvalue weighted by Crippen LogP contribution is -2.37. The van der Waals surface area contributed by atoms with Crippen molar-refractivity contribution in [2.45, 2.75) is 64.2 Å². The van der Waals surface area contributed by atoms with E-state index < -0.39 is 0 Å². The highest BCUT2D eigenvalue weighted by Gasteiger charge is 2.24. The first-order valence-electron chi connectivity index (χ1n) is 10.8. The molecular formula is C25H29N3O2. The maximum atomic E-state index is 13.3. The largest absolute Gasteiger partial charge is 0.280 e. The van der Waals surface area contributed by atoms with Crippen molar-refractivity contribution in [1.82, 2.24) is 9.66 Å². The van der Waals surface area contributed by atoms with E-state index >= 15 is 0 Å². The van der Waals surface area contributed by atoms with Crippen molar-refractivity contribution >= 4 is 16.8 Å². The summed E-state index contributed by atoms with van der Waals surface area (Å²) in [6, 6.07) is 14.9. The molecule has 5 nitrogen and oxygen atoms in total. The quantitative estimate of drug-likeness (QED) is 0.660. The van der Waals surface area contributed by atoms with Crippen molar-refractivity contribution in [2.75, 3.05) is 5.43 Å². The van der Waals surface area contributed by atoms with Gasteiger partial charge in [-0.1, -0.05) is 64.3 Å². The lowest BCUT2D eigenvalue weighted by molar-refractivity contribution is 0.101. The molecule has 2 aromatic carbocycles. The Bertz CT molecular complexity index is 1120. The number of carbonyl (C=O) groups excluding carboxylic acids is 1. The topological polar surface area (TPSA) is 64.0 Å². The van der Waals surface area contributed by atoms with E-state index in [9.17, 15) is 9.59 Å². The monoisotopic (exact) mass is 403 g/mol. The molecule has 1 heterocycles. The summed E-state index contributed by atoms with van der Waals surface area (Å²) >= 11 is 0. The molecular weight excluding hydrogens is 374 g/mol. The summed E-state index contributed by atoms with van der Waals surface area (Å²) in [6.07, 6.45) is 5.42. The van der Waals surface area contributed by atoms with Crippen LogP contribution in [0.2, 0.25) is 0 Å². The zero-order chi connectivity index (χ0) is 21.3. The van der Waals surface area contributed by atoms with Gasteiger partial charge in [0.25, 0.3) is 11.5 Å². The number of aromatic nitrogens is 2. The molecule has 1 aliphatic carbocycles. The van der Waals surface area contributed by atoms with Crippen LogP contribution in [-0.4, -0.2) is 15.6 Å². The van der Waals surface area contributed by atoms with Gasteiger partial charge in [0.15, 0.2) is 0 Å². The molecule has 1 aliphatic rings. The molecule has 5 heteroatoms. The Hall–Kier alpha value is -2.95. The number of carbonyl (C=O) groups is 1. The number of nitrogens with one attached hydrogen (secondary N) is 1. The fourth-order valence-electron chi connectivity index (χ4n) is 4.18. The molecule has 0 bridgehead atoms. The molecule has 1 aromatic heterocycles. The smallest absolute Gasteiger partial charge is 0.267 e. The summed E-state index contributed by atoms with van der Waals surface area (Å²) in [6.45, 7) is 6.41. The van der Waals surface area contributed by atoms with Crippen LogP contribution in [0.15, 0.2) is 53.3 Å². The van der Waals surface area contributed by atoms with Crippen LogP contribution in [0.1, 0.15) is 80.5 Å². The first-order valence-corrected chi connectivity index (χ1v) is 10.8. The Morgan fingerprint density at radius 1 is 1.00 bits per heavy atom. The minimum atomic E-state index is -0.299. The number of para-hydroxylation sites is 1. The molecule has 0 spiro atoms. The van der Waals surface area contributed by atoms with E-state index in [0.717, 1.165) is 31.2 Å². The zero-order valence-electron chi connectivity index (χ0n) is 17.9. The van der Waals surface area contributed by atoms with Gasteiger partial charge in [0.05, 0.1) is 10.9 Å². The van der Waals surface area contributed by atoms with E-state index in [0.29, 0.717) is 22.3 Å². The highest BCUT2D eigenvalue weighted by atomic mass is 16.2. The van der Waals surface area contributed by atoms with Crippen LogP contribution in [0.4, 0.5) is 0 Å². The minimum absolute atomic E-state index is 0.0162. The third-order valence-electron chi connectivity index (χ3n) is 6.00. The summed E-state index contributed by atoms with van der Waals surface area (Å²) in [5.74, 6) is 0.546. The minimum Gasteiger partial charge on any atom is -0.267 e. The van der Waals surface area contributed by atoms with Gasteiger partial charge in [-0.15, -0.1) is 0 Å². The molecule has 4 rings (SSSR count). The normalized spacial score (nSPS) is 15.3. The van der Waals surface area contributed by atoms with Gasteiger partial charge >= 0.3 is 0 Å². The molecule has 3 aromatic rings. The van der Waals surface area contributed by atoms with Gasteiger partial charge in [-0.25, -0.2) is 9.66 Å². The van der Waals surface area contributed by atoms with Crippen molar-refractivity contribution in [1.29, 1.82) is 0 Å². The summed E-state index contributed by atoms with van der Waals surface area (Å²) in [7, 11) is 0. The summed E-state index contributed by atoms with van der Waals surface area (Å²) in [4.78, 5) is 31.1. The van der Waals surface area contributed by atoms with Crippen molar-refractivity contribution in [3.63, 3.8) is 0 Å². The van der Waals surface area contributed by atoms with Crippen LogP contribution >= 0.6 is 0 Å². The molecule has 156 valence electrons. The average molecular weight is 404 g/mol. The van der Waals surface area contributed by atoms with E-state index in [1.807, 2.05) is 42.5 Å². The molecule has 0 unspecified atom stereocenters. The van der Waals surface area contributed by atoms with E-state index in [1.54, 1.807) is 6.07 Å². The SMILES string of the molecule is CC(C)(C)c1ccc(C(=O)Nn2c(C3CCCCC3)nc3ccccc3c2=O)cc1. The van der Waals surface area contributed by atoms with Gasteiger partial charge in [0.1, 0.15) is 5.82 Å². The number of hydrogen-bond acceptors (Lipinski definition) is 3. The van der Waals surface area contributed by atoms with Crippen molar-refractivity contribution in [3.05, 3.63) is 75.8 Å². The van der Waals surface area contributed by atoms with Crippen LogP contribution in [0, 0.1) is 0 Å². The number of hydrogen-bond donors (Lipinski definition) is 1. The predicted molar refractivity (Wildman–Crippen MR) is 121 cm³/mol. The van der Waals surface area contributed by atoms with Crippen LogP contribution in [0.5, 0.6) is 0 Å². The van der Waals surface area contributed by atoms with E-state index in [1.165, 1.54) is 11.1 Å². The molecule has 1 amide bonds. The maximum absolute atomic E-state index is 13.3. The number of amides is 1. The van der Waals surface area contributed by atoms with E-state index in [-0.39, 0.29) is 22.8 Å². The van der Waals surface area contributed by atoms with Gasteiger partial charge in [0.2, 0.25) is 0 Å². The molecule has 1 fully saturated rings. The fraction of sp³-hybridized carbons (Fsp3) is 0.400. The second-order valence-corrected chi connectivity index (χ2v) is 9.23. The standard InChI is InChI=1S/C25H29N3O2/c1-25(2,3)19-15-13-18(14-16-19)23(29)27-28-22(17-9-5-4-6-10-17)26-21-12-8-7-11-20(21)24(28)30/h7-8,11-17H,4-6,9-10H2,1-3H3,(H,27,29). The van der Waals surface area contributed by atoms with E-state index in [4.69, 9.17) is 4.98 Å². The van der Waals surface area contributed by atoms with Crippen LogP contribution in [0.25, 0.3) is 10.9 Å². The lowest BCUT2D eigenvalue weighted by atomic mass is 9.87. The Morgan fingerprint density at radius 3 is 2.33 bits per heavy atom. The molecule has 0 radical (unpaired) electrons. The molecule has 0 saturated heterocycles. The zero-order valence-corrected chi connectivity index (χ0v) is 17.9. The van der Waals surface area contributed by atoms with Gasteiger partial charge < -0.3 is 0 Å². The molecule has 30 heavy (non-hydrogen) atoms. The number of benzene rings is 2. The predicted octanol–water partition coefficient (Wildman–Crippen LogP) is 5.13. The Balaban J connectivity index is 1.72. The summed E-state index contributed by atoms with van der Waals surface area (Å²) in [5, 5.41) is 0.514.